The van der Waals surface area contributed by atoms with E-state index in [1.54, 1.807) is 41.9 Å². The van der Waals surface area contributed by atoms with Gasteiger partial charge in [0.15, 0.2) is 17.0 Å². The number of H-pyrrole nitrogens is 1. The number of nitrogens with one attached hydrogen (secondary N) is 1. The monoisotopic (exact) mass is 339 g/mol. The first-order valence-electron chi connectivity index (χ1n) is 7.93. The first kappa shape index (κ1) is 15.5. The average Bonchev–Trinajstić information content (AvgIpc) is 3.23. The molecule has 0 saturated carbocycles. The van der Waals surface area contributed by atoms with E-state index >= 15 is 0 Å². The highest BCUT2D eigenvalue weighted by molar-refractivity contribution is 5.83. The van der Waals surface area contributed by atoms with Gasteiger partial charge in [0.05, 0.1) is 11.6 Å². The number of nitrogens with zero attached hydrogens (tertiary/aromatic N) is 6. The molecule has 0 aromatic carbocycles. The normalized spacial score (nSPS) is 11.6. The molecule has 9 nitrogen and oxygen atoms in total. The topological polar surface area (TPSA) is 104 Å². The highest BCUT2D eigenvalue weighted by atomic mass is 16.5. The molecule has 4 aromatic rings. The van der Waals surface area contributed by atoms with Gasteiger partial charge in [-0.05, 0) is 19.4 Å². The summed E-state index contributed by atoms with van der Waals surface area (Å²) in [7, 11) is 1.65. The highest BCUT2D eigenvalue weighted by Crippen LogP contribution is 2.18. The standard InChI is InChI=1S/C16H17N7O2/c1-10-18-14-12(8-17-20-14)15(19-10)23-9-11-4-6-22(5-3-7-25-2)16(24)13(11)21-23/h4,6,8-9H,3,5,7H2,1-2H3,(H,17,18,19,20). The predicted molar refractivity (Wildman–Crippen MR) is 91.8 cm³/mol. The fourth-order valence-corrected chi connectivity index (χ4v) is 2.82. The second-order valence-electron chi connectivity index (χ2n) is 5.76. The maximum Gasteiger partial charge on any atom is 0.278 e. The van der Waals surface area contributed by atoms with Gasteiger partial charge in [-0.25, -0.2) is 14.6 Å². The van der Waals surface area contributed by atoms with Gasteiger partial charge < -0.3 is 9.30 Å². The van der Waals surface area contributed by atoms with Gasteiger partial charge in [-0.3, -0.25) is 9.89 Å². The Labute approximate surface area is 142 Å². The average molecular weight is 339 g/mol. The lowest BCUT2D eigenvalue weighted by Gasteiger charge is -2.04. The number of methoxy groups -OCH3 is 1. The zero-order chi connectivity index (χ0) is 17.4. The second-order valence-corrected chi connectivity index (χ2v) is 5.76. The van der Waals surface area contributed by atoms with Gasteiger partial charge >= 0.3 is 0 Å². The van der Waals surface area contributed by atoms with E-state index in [-0.39, 0.29) is 5.56 Å². The summed E-state index contributed by atoms with van der Waals surface area (Å²) in [6.07, 6.45) is 6.00. The molecule has 25 heavy (non-hydrogen) atoms. The molecule has 0 unspecified atom stereocenters. The molecular weight excluding hydrogens is 322 g/mol. The van der Waals surface area contributed by atoms with Crippen molar-refractivity contribution in [3.05, 3.63) is 40.8 Å². The first-order chi connectivity index (χ1) is 12.2. The van der Waals surface area contributed by atoms with Crippen LogP contribution >= 0.6 is 0 Å². The van der Waals surface area contributed by atoms with Crippen LogP contribution in [0.2, 0.25) is 0 Å². The van der Waals surface area contributed by atoms with Crippen molar-refractivity contribution in [2.24, 2.45) is 0 Å². The third-order valence-electron chi connectivity index (χ3n) is 4.01. The molecule has 0 aliphatic heterocycles. The van der Waals surface area contributed by atoms with Crippen molar-refractivity contribution in [3.63, 3.8) is 0 Å². The molecule has 0 saturated heterocycles. The molecule has 4 heterocycles. The van der Waals surface area contributed by atoms with Gasteiger partial charge in [0.25, 0.3) is 5.56 Å². The maximum atomic E-state index is 12.6. The Kier molecular flexibility index (Phi) is 3.77. The molecule has 0 aliphatic carbocycles. The SMILES string of the molecule is COCCCn1ccc2cn(-c3nc(C)nc4[nH]ncc34)nc2c1=O. The van der Waals surface area contributed by atoms with E-state index in [0.29, 0.717) is 36.0 Å². The van der Waals surface area contributed by atoms with Crippen LogP contribution in [0, 0.1) is 6.92 Å². The van der Waals surface area contributed by atoms with E-state index in [1.165, 1.54) is 0 Å². The molecule has 0 fully saturated rings. The van der Waals surface area contributed by atoms with Crippen LogP contribution in [0.4, 0.5) is 0 Å². The zero-order valence-corrected chi connectivity index (χ0v) is 13.9. The Morgan fingerprint density at radius 2 is 2.20 bits per heavy atom. The molecule has 9 heteroatoms. The summed E-state index contributed by atoms with van der Waals surface area (Å²) in [5.41, 5.74) is 0.924. The van der Waals surface area contributed by atoms with E-state index in [0.717, 1.165) is 17.2 Å². The lowest BCUT2D eigenvalue weighted by atomic mass is 10.3. The Hall–Kier alpha value is -3.07. The lowest BCUT2D eigenvalue weighted by Crippen LogP contribution is -2.20. The van der Waals surface area contributed by atoms with E-state index in [2.05, 4.69) is 25.3 Å². The maximum absolute atomic E-state index is 12.6. The Bertz CT molecular complexity index is 1110. The van der Waals surface area contributed by atoms with E-state index in [4.69, 9.17) is 4.74 Å². The summed E-state index contributed by atoms with van der Waals surface area (Å²) in [5.74, 6) is 1.20. The molecule has 0 bridgehead atoms. The van der Waals surface area contributed by atoms with Gasteiger partial charge in [-0.2, -0.15) is 10.2 Å². The van der Waals surface area contributed by atoms with E-state index in [9.17, 15) is 4.79 Å². The fraction of sp³-hybridized carbons (Fsp3) is 0.312. The van der Waals surface area contributed by atoms with Crippen LogP contribution in [0.15, 0.2) is 29.5 Å². The number of aromatic nitrogens is 7. The third kappa shape index (κ3) is 2.68. The fourth-order valence-electron chi connectivity index (χ4n) is 2.82. The van der Waals surface area contributed by atoms with Crippen molar-refractivity contribution in [3.8, 4) is 5.82 Å². The summed E-state index contributed by atoms with van der Waals surface area (Å²) in [4.78, 5) is 21.4. The van der Waals surface area contributed by atoms with Gasteiger partial charge in [0.2, 0.25) is 0 Å². The van der Waals surface area contributed by atoms with Crippen LogP contribution in [0.3, 0.4) is 0 Å². The number of fused-ring (bicyclic) bond motifs is 2. The van der Waals surface area contributed by atoms with Crippen molar-refractivity contribution in [2.75, 3.05) is 13.7 Å². The number of pyridine rings is 1. The smallest absolute Gasteiger partial charge is 0.278 e. The molecule has 0 aliphatic rings. The molecular formula is C16H17N7O2. The molecule has 128 valence electrons. The molecule has 4 rings (SSSR count). The minimum atomic E-state index is -0.124. The Morgan fingerprint density at radius 3 is 3.04 bits per heavy atom. The molecule has 4 aromatic heterocycles. The van der Waals surface area contributed by atoms with Crippen LogP contribution in [0.5, 0.6) is 0 Å². The van der Waals surface area contributed by atoms with Gasteiger partial charge in [-0.15, -0.1) is 0 Å². The summed E-state index contributed by atoms with van der Waals surface area (Å²) in [5, 5.41) is 12.8. The number of hydrogen-bond donors (Lipinski definition) is 1. The number of ether oxygens (including phenoxy) is 1. The second kappa shape index (κ2) is 6.10. The number of aromatic amines is 1. The molecule has 0 amide bonds. The summed E-state index contributed by atoms with van der Waals surface area (Å²) in [6, 6.07) is 1.88. The van der Waals surface area contributed by atoms with Gasteiger partial charge in [0, 0.05) is 38.0 Å². The minimum Gasteiger partial charge on any atom is -0.385 e. The highest BCUT2D eigenvalue weighted by Gasteiger charge is 2.13. The number of hydrogen-bond acceptors (Lipinski definition) is 6. The molecule has 0 radical (unpaired) electrons. The largest absolute Gasteiger partial charge is 0.385 e. The van der Waals surface area contributed by atoms with Crippen molar-refractivity contribution < 1.29 is 4.74 Å². The van der Waals surface area contributed by atoms with Crippen LogP contribution in [-0.2, 0) is 11.3 Å². The van der Waals surface area contributed by atoms with E-state index in [1.807, 2.05) is 6.07 Å². The molecule has 0 spiro atoms. The van der Waals surface area contributed by atoms with Crippen LogP contribution in [-0.4, -0.2) is 48.2 Å². The first-order valence-corrected chi connectivity index (χ1v) is 7.93. The summed E-state index contributed by atoms with van der Waals surface area (Å²) in [6.45, 7) is 3.00. The van der Waals surface area contributed by atoms with Crippen LogP contribution < -0.4 is 5.56 Å². The Balaban J connectivity index is 1.82. The van der Waals surface area contributed by atoms with Crippen molar-refractivity contribution in [1.29, 1.82) is 0 Å². The number of rotatable bonds is 5. The van der Waals surface area contributed by atoms with Crippen molar-refractivity contribution in [1.82, 2.24) is 34.5 Å². The van der Waals surface area contributed by atoms with Crippen molar-refractivity contribution >= 4 is 21.9 Å². The van der Waals surface area contributed by atoms with Crippen LogP contribution in [0.25, 0.3) is 27.8 Å². The zero-order valence-electron chi connectivity index (χ0n) is 13.9. The molecule has 0 atom stereocenters. The van der Waals surface area contributed by atoms with Gasteiger partial charge in [-0.1, -0.05) is 0 Å². The van der Waals surface area contributed by atoms with Crippen LogP contribution in [0.1, 0.15) is 12.2 Å². The van der Waals surface area contributed by atoms with E-state index < -0.39 is 0 Å². The van der Waals surface area contributed by atoms with Gasteiger partial charge in [0.1, 0.15) is 5.82 Å². The Morgan fingerprint density at radius 1 is 1.32 bits per heavy atom. The minimum absolute atomic E-state index is 0.124. The quantitative estimate of drug-likeness (QED) is 0.548. The molecule has 1 N–H and O–H groups in total. The number of aryl methyl sites for hydroxylation is 2. The lowest BCUT2D eigenvalue weighted by molar-refractivity contribution is 0.190. The van der Waals surface area contributed by atoms with Crippen molar-refractivity contribution in [2.45, 2.75) is 19.9 Å². The predicted octanol–water partition coefficient (Wildman–Crippen LogP) is 1.20. The summed E-state index contributed by atoms with van der Waals surface area (Å²) < 4.78 is 8.30. The third-order valence-corrected chi connectivity index (χ3v) is 4.01. The summed E-state index contributed by atoms with van der Waals surface area (Å²) >= 11 is 0.